The van der Waals surface area contributed by atoms with Gasteiger partial charge in [-0.05, 0) is 43.0 Å². The van der Waals surface area contributed by atoms with Crippen LogP contribution in [0.3, 0.4) is 0 Å². The zero-order chi connectivity index (χ0) is 15.2. The number of halogens is 1. The number of aromatic nitrogens is 4. The lowest BCUT2D eigenvalue weighted by molar-refractivity contribution is 0.365. The number of rotatable bonds is 8. The first-order chi connectivity index (χ1) is 10.1. The summed E-state index contributed by atoms with van der Waals surface area (Å²) in [5.41, 5.74) is 2.05. The van der Waals surface area contributed by atoms with Crippen LogP contribution < -0.4 is 5.32 Å². The summed E-state index contributed by atoms with van der Waals surface area (Å²) in [7, 11) is 4.13. The molecule has 0 saturated carbocycles. The Morgan fingerprint density at radius 1 is 1.43 bits per heavy atom. The average molecular weight is 373 g/mol. The maximum atomic E-state index is 4.48. The van der Waals surface area contributed by atoms with Crippen molar-refractivity contribution in [2.24, 2.45) is 0 Å². The predicted octanol–water partition coefficient (Wildman–Crippen LogP) is 2.15. The molecular formula is C13H21BrN6S. The van der Waals surface area contributed by atoms with Crippen LogP contribution in [0.4, 0.5) is 0 Å². The van der Waals surface area contributed by atoms with Crippen molar-refractivity contribution in [3.05, 3.63) is 28.3 Å². The third-order valence-electron chi connectivity index (χ3n) is 3.14. The summed E-state index contributed by atoms with van der Waals surface area (Å²) >= 11 is 4.86. The highest BCUT2D eigenvalue weighted by atomic mass is 79.9. The maximum absolute atomic E-state index is 4.48. The molecule has 0 aliphatic rings. The number of nitrogens with one attached hydrogen (secondary N) is 1. The number of nitrogens with zero attached hydrogens (tertiary/aromatic N) is 5. The lowest BCUT2D eigenvalue weighted by Crippen LogP contribution is -2.28. The van der Waals surface area contributed by atoms with Gasteiger partial charge in [-0.2, -0.15) is 13.8 Å². The van der Waals surface area contributed by atoms with Crippen LogP contribution in [0, 0.1) is 0 Å². The van der Waals surface area contributed by atoms with Crippen LogP contribution in [-0.4, -0.2) is 50.6 Å². The van der Waals surface area contributed by atoms with Gasteiger partial charge in [-0.25, -0.2) is 0 Å². The molecule has 116 valence electrons. The first-order valence-corrected chi connectivity index (χ1v) is 8.52. The van der Waals surface area contributed by atoms with Gasteiger partial charge >= 0.3 is 0 Å². The summed E-state index contributed by atoms with van der Waals surface area (Å²) in [5, 5.41) is 8.03. The lowest BCUT2D eigenvalue weighted by Gasteiger charge is -2.19. The van der Waals surface area contributed by atoms with E-state index in [1.165, 1.54) is 11.7 Å². The van der Waals surface area contributed by atoms with E-state index in [-0.39, 0.29) is 6.04 Å². The molecular weight excluding hydrogens is 352 g/mol. The molecule has 1 N–H and O–H groups in total. The fourth-order valence-electron chi connectivity index (χ4n) is 2.06. The molecule has 21 heavy (non-hydrogen) atoms. The van der Waals surface area contributed by atoms with Crippen molar-refractivity contribution in [1.29, 1.82) is 0 Å². The van der Waals surface area contributed by atoms with Gasteiger partial charge in [-0.3, -0.25) is 4.68 Å². The Hall–Kier alpha value is -0.830. The third kappa shape index (κ3) is 4.32. The van der Waals surface area contributed by atoms with Crippen LogP contribution in [0.25, 0.3) is 0 Å². The summed E-state index contributed by atoms with van der Waals surface area (Å²) in [6.45, 7) is 4.86. The molecule has 1 atom stereocenters. The Balaban J connectivity index is 2.28. The van der Waals surface area contributed by atoms with E-state index in [2.05, 4.69) is 61.0 Å². The molecule has 2 aromatic heterocycles. The Morgan fingerprint density at radius 3 is 2.86 bits per heavy atom. The van der Waals surface area contributed by atoms with Crippen LogP contribution >= 0.6 is 27.7 Å². The molecule has 1 unspecified atom stereocenters. The monoisotopic (exact) mass is 372 g/mol. The molecule has 0 aliphatic carbocycles. The van der Waals surface area contributed by atoms with Crippen LogP contribution in [0.1, 0.15) is 30.8 Å². The minimum Gasteiger partial charge on any atom is -0.308 e. The van der Waals surface area contributed by atoms with Crippen molar-refractivity contribution in [2.45, 2.75) is 25.9 Å². The normalized spacial score (nSPS) is 13.0. The summed E-state index contributed by atoms with van der Waals surface area (Å²) in [4.78, 5) is 2.15. The van der Waals surface area contributed by atoms with Crippen molar-refractivity contribution < 1.29 is 0 Å². The van der Waals surface area contributed by atoms with Crippen molar-refractivity contribution in [3.8, 4) is 0 Å². The third-order valence-corrected chi connectivity index (χ3v) is 4.24. The molecule has 0 spiro atoms. The number of likely N-dealkylation sites (N-methyl/N-ethyl adjacent to an activating group) is 1. The van der Waals surface area contributed by atoms with Gasteiger partial charge in [-0.1, -0.05) is 6.92 Å². The largest absolute Gasteiger partial charge is 0.308 e. The van der Waals surface area contributed by atoms with E-state index >= 15 is 0 Å². The van der Waals surface area contributed by atoms with Crippen LogP contribution in [-0.2, 0) is 6.54 Å². The summed E-state index contributed by atoms with van der Waals surface area (Å²) < 4.78 is 11.6. The molecule has 2 rings (SSSR count). The molecule has 0 aromatic carbocycles. The Bertz CT molecular complexity index is 539. The van der Waals surface area contributed by atoms with E-state index in [1.54, 1.807) is 0 Å². The SMILES string of the molecule is CCCNC(c1cnsn1)c1c(Br)cnn1CCN(C)C. The topological polar surface area (TPSA) is 58.9 Å². The first kappa shape index (κ1) is 16.5. The molecule has 0 saturated heterocycles. The molecule has 6 nitrogen and oxygen atoms in total. The van der Waals surface area contributed by atoms with Crippen molar-refractivity contribution >= 4 is 27.7 Å². The van der Waals surface area contributed by atoms with Gasteiger partial charge in [0.1, 0.15) is 0 Å². The molecule has 0 bridgehead atoms. The molecule has 2 heterocycles. The maximum Gasteiger partial charge on any atom is 0.0974 e. The fourth-order valence-corrected chi connectivity index (χ4v) is 3.04. The van der Waals surface area contributed by atoms with Crippen LogP contribution in [0.15, 0.2) is 16.9 Å². The highest BCUT2D eigenvalue weighted by molar-refractivity contribution is 9.10. The Morgan fingerprint density at radius 2 is 2.24 bits per heavy atom. The highest BCUT2D eigenvalue weighted by Gasteiger charge is 2.23. The first-order valence-electron chi connectivity index (χ1n) is 7.00. The number of hydrogen-bond donors (Lipinski definition) is 1. The van der Waals surface area contributed by atoms with Crippen molar-refractivity contribution in [3.63, 3.8) is 0 Å². The minimum atomic E-state index is 0.0164. The minimum absolute atomic E-state index is 0.0164. The average Bonchev–Trinajstić information content (AvgIpc) is 3.09. The van der Waals surface area contributed by atoms with E-state index in [0.717, 1.165) is 41.9 Å². The van der Waals surface area contributed by atoms with Gasteiger partial charge in [0.05, 0.1) is 52.6 Å². The Labute approximate surface area is 138 Å². The molecule has 0 aliphatic heterocycles. The van der Waals surface area contributed by atoms with Crippen molar-refractivity contribution in [1.82, 2.24) is 28.7 Å². The zero-order valence-electron chi connectivity index (χ0n) is 12.6. The highest BCUT2D eigenvalue weighted by Crippen LogP contribution is 2.28. The van der Waals surface area contributed by atoms with Crippen molar-refractivity contribution in [2.75, 3.05) is 27.2 Å². The molecule has 0 amide bonds. The predicted molar refractivity (Wildman–Crippen MR) is 88.5 cm³/mol. The van der Waals surface area contributed by atoms with Crippen LogP contribution in [0.2, 0.25) is 0 Å². The van der Waals surface area contributed by atoms with Gasteiger partial charge in [0.25, 0.3) is 0 Å². The van der Waals surface area contributed by atoms with Gasteiger partial charge in [0, 0.05) is 6.54 Å². The van der Waals surface area contributed by atoms with E-state index in [9.17, 15) is 0 Å². The second kappa shape index (κ2) is 7.98. The summed E-state index contributed by atoms with van der Waals surface area (Å²) in [6, 6.07) is 0.0164. The number of hydrogen-bond acceptors (Lipinski definition) is 6. The lowest BCUT2D eigenvalue weighted by atomic mass is 10.1. The smallest absolute Gasteiger partial charge is 0.0974 e. The zero-order valence-corrected chi connectivity index (χ0v) is 15.0. The van der Waals surface area contributed by atoms with Gasteiger partial charge in [0.2, 0.25) is 0 Å². The second-order valence-corrected chi connectivity index (χ2v) is 6.53. The van der Waals surface area contributed by atoms with E-state index in [4.69, 9.17) is 0 Å². The van der Waals surface area contributed by atoms with E-state index in [0.29, 0.717) is 0 Å². The second-order valence-electron chi connectivity index (χ2n) is 5.12. The summed E-state index contributed by atoms with van der Waals surface area (Å²) in [6.07, 6.45) is 4.75. The Kier molecular flexibility index (Phi) is 6.28. The quantitative estimate of drug-likeness (QED) is 0.769. The molecule has 0 radical (unpaired) electrons. The standard InChI is InChI=1S/C13H21BrN6S/c1-4-5-15-12(11-9-17-21-18-11)13-10(14)8-16-20(13)7-6-19(2)3/h8-9,12,15H,4-7H2,1-3H3. The van der Waals surface area contributed by atoms with Gasteiger partial charge < -0.3 is 10.2 Å². The van der Waals surface area contributed by atoms with Gasteiger partial charge in [-0.15, -0.1) is 0 Å². The fraction of sp³-hybridized carbons (Fsp3) is 0.615. The van der Waals surface area contributed by atoms with Crippen LogP contribution in [0.5, 0.6) is 0 Å². The molecule has 0 fully saturated rings. The van der Waals surface area contributed by atoms with Gasteiger partial charge in [0.15, 0.2) is 0 Å². The molecule has 2 aromatic rings. The molecule has 8 heteroatoms. The van der Waals surface area contributed by atoms with E-state index in [1.807, 2.05) is 17.1 Å². The van der Waals surface area contributed by atoms with E-state index < -0.39 is 0 Å². The summed E-state index contributed by atoms with van der Waals surface area (Å²) in [5.74, 6) is 0.